The second-order valence-electron chi connectivity index (χ2n) is 5.51. The van der Waals surface area contributed by atoms with Crippen molar-refractivity contribution in [1.82, 2.24) is 4.98 Å². The molecule has 2 atom stereocenters. The van der Waals surface area contributed by atoms with Crippen LogP contribution in [0, 0.1) is 0 Å². The summed E-state index contributed by atoms with van der Waals surface area (Å²) in [6.07, 6.45) is 0. The van der Waals surface area contributed by atoms with Crippen molar-refractivity contribution < 1.29 is 9.90 Å². The summed E-state index contributed by atoms with van der Waals surface area (Å²) in [6.45, 7) is 6.42. The van der Waals surface area contributed by atoms with E-state index in [0.29, 0.717) is 21.4 Å². The average Bonchev–Trinajstić information content (AvgIpc) is 2.44. The first-order chi connectivity index (χ1) is 10.0. The van der Waals surface area contributed by atoms with Crippen LogP contribution in [0.3, 0.4) is 0 Å². The number of rotatable bonds is 2. The number of anilines is 1. The fourth-order valence-corrected chi connectivity index (χ4v) is 4.20. The van der Waals surface area contributed by atoms with Gasteiger partial charge in [-0.15, -0.1) is 0 Å². The van der Waals surface area contributed by atoms with Gasteiger partial charge >= 0.3 is 5.97 Å². The number of hydrogen-bond donors (Lipinski definition) is 1. The molecule has 1 aliphatic rings. The molecule has 1 aromatic carbocycles. The second-order valence-corrected chi connectivity index (χ2v) is 7.39. The second kappa shape index (κ2) is 5.56. The van der Waals surface area contributed by atoms with E-state index < -0.39 is 5.97 Å². The van der Waals surface area contributed by atoms with Gasteiger partial charge < -0.3 is 10.0 Å². The quantitative estimate of drug-likeness (QED) is 0.922. The molecule has 2 heterocycles. The zero-order valence-electron chi connectivity index (χ0n) is 12.1. The van der Waals surface area contributed by atoms with Crippen molar-refractivity contribution in [3.05, 3.63) is 35.9 Å². The molecule has 0 saturated carbocycles. The highest BCUT2D eigenvalue weighted by Crippen LogP contribution is 2.29. The summed E-state index contributed by atoms with van der Waals surface area (Å²) in [5.41, 5.74) is 1.05. The third-order valence-corrected chi connectivity index (χ3v) is 4.92. The molecular weight excluding hydrogens is 284 g/mol. The molecule has 0 amide bonds. The molecule has 5 heteroatoms. The number of hydrogen-bond acceptors (Lipinski definition) is 4. The van der Waals surface area contributed by atoms with E-state index in [4.69, 9.17) is 0 Å². The molecule has 1 N–H and O–H groups in total. The van der Waals surface area contributed by atoms with Crippen molar-refractivity contribution in [1.29, 1.82) is 0 Å². The van der Waals surface area contributed by atoms with Crippen LogP contribution in [0.2, 0.25) is 0 Å². The Balaban J connectivity index is 2.00. The molecule has 2 aromatic rings. The Bertz CT molecular complexity index is 679. The maximum absolute atomic E-state index is 11.2. The SMILES string of the molecule is CC1CN(c2ccc3c(C(=O)O)cccc3n2)CC(C)S1. The number of nitrogens with zero attached hydrogens (tertiary/aromatic N) is 2. The van der Waals surface area contributed by atoms with Crippen LogP contribution in [0.4, 0.5) is 5.82 Å². The van der Waals surface area contributed by atoms with Crippen molar-refractivity contribution >= 4 is 34.5 Å². The van der Waals surface area contributed by atoms with Gasteiger partial charge in [0.15, 0.2) is 0 Å². The number of pyridine rings is 1. The molecule has 1 saturated heterocycles. The van der Waals surface area contributed by atoms with E-state index in [1.54, 1.807) is 12.1 Å². The molecule has 110 valence electrons. The van der Waals surface area contributed by atoms with Gasteiger partial charge in [-0.1, -0.05) is 19.9 Å². The summed E-state index contributed by atoms with van der Waals surface area (Å²) in [7, 11) is 0. The molecule has 2 unspecified atom stereocenters. The molecule has 1 aromatic heterocycles. The third-order valence-electron chi connectivity index (χ3n) is 3.69. The molecule has 4 nitrogen and oxygen atoms in total. The Morgan fingerprint density at radius 1 is 1.24 bits per heavy atom. The highest BCUT2D eigenvalue weighted by molar-refractivity contribution is 8.00. The lowest BCUT2D eigenvalue weighted by Crippen LogP contribution is -2.40. The highest BCUT2D eigenvalue weighted by Gasteiger charge is 2.23. The average molecular weight is 302 g/mol. The maximum atomic E-state index is 11.2. The zero-order valence-corrected chi connectivity index (χ0v) is 12.9. The molecule has 0 bridgehead atoms. The van der Waals surface area contributed by atoms with Crippen LogP contribution in [0.5, 0.6) is 0 Å². The monoisotopic (exact) mass is 302 g/mol. The number of benzene rings is 1. The zero-order chi connectivity index (χ0) is 15.0. The first-order valence-electron chi connectivity index (χ1n) is 7.08. The number of aromatic nitrogens is 1. The Morgan fingerprint density at radius 3 is 2.62 bits per heavy atom. The summed E-state index contributed by atoms with van der Waals surface area (Å²) >= 11 is 2.00. The molecule has 0 radical (unpaired) electrons. The van der Waals surface area contributed by atoms with E-state index in [1.165, 1.54) is 0 Å². The molecule has 1 aliphatic heterocycles. The molecular formula is C16H18N2O2S. The van der Waals surface area contributed by atoms with Gasteiger partial charge in [0.05, 0.1) is 11.1 Å². The lowest BCUT2D eigenvalue weighted by molar-refractivity contribution is 0.0699. The molecule has 0 aliphatic carbocycles. The minimum atomic E-state index is -0.910. The van der Waals surface area contributed by atoms with E-state index in [2.05, 4.69) is 23.7 Å². The van der Waals surface area contributed by atoms with Gasteiger partial charge in [0, 0.05) is 29.0 Å². The van der Waals surface area contributed by atoms with Crippen LogP contribution >= 0.6 is 11.8 Å². The van der Waals surface area contributed by atoms with Crippen molar-refractivity contribution in [3.63, 3.8) is 0 Å². The number of aromatic carboxylic acids is 1. The number of carboxylic acids is 1. The van der Waals surface area contributed by atoms with E-state index in [9.17, 15) is 9.90 Å². The van der Waals surface area contributed by atoms with Gasteiger partial charge in [-0.05, 0) is 24.3 Å². The summed E-state index contributed by atoms with van der Waals surface area (Å²) in [5.74, 6) is 0.0239. The first-order valence-corrected chi connectivity index (χ1v) is 8.02. The third kappa shape index (κ3) is 2.83. The van der Waals surface area contributed by atoms with Crippen LogP contribution in [-0.2, 0) is 0 Å². The number of carboxylic acid groups (broad SMARTS) is 1. The van der Waals surface area contributed by atoms with Crippen molar-refractivity contribution in [3.8, 4) is 0 Å². The molecule has 21 heavy (non-hydrogen) atoms. The standard InChI is InChI=1S/C16H18N2O2S/c1-10-8-18(9-11(2)21-10)15-7-6-12-13(16(19)20)4-3-5-14(12)17-15/h3-7,10-11H,8-9H2,1-2H3,(H,19,20). The van der Waals surface area contributed by atoms with Gasteiger partial charge in [0.25, 0.3) is 0 Å². The number of thioether (sulfide) groups is 1. The lowest BCUT2D eigenvalue weighted by atomic mass is 10.1. The van der Waals surface area contributed by atoms with Crippen LogP contribution in [0.1, 0.15) is 24.2 Å². The number of carbonyl (C=O) groups is 1. The van der Waals surface area contributed by atoms with Crippen LogP contribution in [0.15, 0.2) is 30.3 Å². The van der Waals surface area contributed by atoms with E-state index in [-0.39, 0.29) is 0 Å². The Labute approximate surface area is 128 Å². The normalized spacial score (nSPS) is 22.5. The van der Waals surface area contributed by atoms with Crippen molar-refractivity contribution in [2.24, 2.45) is 0 Å². The Morgan fingerprint density at radius 2 is 1.95 bits per heavy atom. The number of fused-ring (bicyclic) bond motifs is 1. The van der Waals surface area contributed by atoms with Gasteiger partial charge in [0.1, 0.15) is 5.82 Å². The van der Waals surface area contributed by atoms with E-state index in [1.807, 2.05) is 30.0 Å². The lowest BCUT2D eigenvalue weighted by Gasteiger charge is -2.35. The fourth-order valence-electron chi connectivity index (χ4n) is 2.87. The summed E-state index contributed by atoms with van der Waals surface area (Å²) < 4.78 is 0. The first kappa shape index (κ1) is 14.2. The predicted molar refractivity (Wildman–Crippen MR) is 87.4 cm³/mol. The predicted octanol–water partition coefficient (Wildman–Crippen LogP) is 3.26. The minimum absolute atomic E-state index is 0.308. The largest absolute Gasteiger partial charge is 0.478 e. The minimum Gasteiger partial charge on any atom is -0.478 e. The Hall–Kier alpha value is -1.75. The van der Waals surface area contributed by atoms with Gasteiger partial charge in [0.2, 0.25) is 0 Å². The van der Waals surface area contributed by atoms with E-state index in [0.717, 1.165) is 24.4 Å². The van der Waals surface area contributed by atoms with Crippen LogP contribution in [0.25, 0.3) is 10.9 Å². The topological polar surface area (TPSA) is 53.4 Å². The molecule has 0 spiro atoms. The van der Waals surface area contributed by atoms with E-state index >= 15 is 0 Å². The van der Waals surface area contributed by atoms with Crippen molar-refractivity contribution in [2.45, 2.75) is 24.3 Å². The highest BCUT2D eigenvalue weighted by atomic mass is 32.2. The maximum Gasteiger partial charge on any atom is 0.336 e. The molecule has 1 fully saturated rings. The summed E-state index contributed by atoms with van der Waals surface area (Å²) in [5, 5.41) is 11.1. The van der Waals surface area contributed by atoms with Gasteiger partial charge in [-0.25, -0.2) is 9.78 Å². The Kier molecular flexibility index (Phi) is 3.76. The molecule has 3 rings (SSSR count). The van der Waals surface area contributed by atoms with Gasteiger partial charge in [-0.2, -0.15) is 11.8 Å². The van der Waals surface area contributed by atoms with Crippen molar-refractivity contribution in [2.75, 3.05) is 18.0 Å². The van der Waals surface area contributed by atoms with Gasteiger partial charge in [-0.3, -0.25) is 0 Å². The van der Waals surface area contributed by atoms with Crippen LogP contribution < -0.4 is 4.90 Å². The summed E-state index contributed by atoms with van der Waals surface area (Å²) in [4.78, 5) is 18.2. The summed E-state index contributed by atoms with van der Waals surface area (Å²) in [6, 6.07) is 9.05. The smallest absolute Gasteiger partial charge is 0.336 e. The fraction of sp³-hybridized carbons (Fsp3) is 0.375. The van der Waals surface area contributed by atoms with Crippen LogP contribution in [-0.4, -0.2) is 39.6 Å².